The Bertz CT molecular complexity index is 273. The van der Waals surface area contributed by atoms with Gasteiger partial charge in [0.15, 0.2) is 0 Å². The highest BCUT2D eigenvalue weighted by molar-refractivity contribution is 5.02. The average molecular weight is 265 g/mol. The molecule has 0 saturated carbocycles. The van der Waals surface area contributed by atoms with Crippen LogP contribution < -0.4 is 0 Å². The van der Waals surface area contributed by atoms with Crippen molar-refractivity contribution in [2.24, 2.45) is 11.3 Å². The first-order valence-corrected chi connectivity index (χ1v) is 8.18. The van der Waals surface area contributed by atoms with Crippen LogP contribution in [-0.2, 0) is 4.74 Å². The summed E-state index contributed by atoms with van der Waals surface area (Å²) >= 11 is 0. The quantitative estimate of drug-likeness (QED) is 0.676. The van der Waals surface area contributed by atoms with Crippen LogP contribution >= 0.6 is 0 Å². The molecule has 2 saturated heterocycles. The maximum atomic E-state index is 5.57. The van der Waals surface area contributed by atoms with E-state index in [4.69, 9.17) is 4.74 Å². The summed E-state index contributed by atoms with van der Waals surface area (Å²) in [6.07, 6.45) is 12.9. The molecule has 0 atom stereocenters. The molecule has 0 radical (unpaired) electrons. The van der Waals surface area contributed by atoms with Crippen molar-refractivity contribution in [3.8, 4) is 0 Å². The lowest BCUT2D eigenvalue weighted by Crippen LogP contribution is -2.28. The van der Waals surface area contributed by atoms with Gasteiger partial charge in [0.2, 0.25) is 0 Å². The van der Waals surface area contributed by atoms with Gasteiger partial charge in [0, 0.05) is 19.8 Å². The largest absolute Gasteiger partial charge is 0.381 e. The second kappa shape index (κ2) is 7.44. The van der Waals surface area contributed by atoms with Crippen molar-refractivity contribution < 1.29 is 4.74 Å². The highest BCUT2D eigenvalue weighted by Gasteiger charge is 2.29. The van der Waals surface area contributed by atoms with Gasteiger partial charge in [-0.15, -0.1) is 0 Å². The minimum absolute atomic E-state index is 0.433. The minimum Gasteiger partial charge on any atom is -0.381 e. The van der Waals surface area contributed by atoms with Gasteiger partial charge in [-0.25, -0.2) is 0 Å². The lowest BCUT2D eigenvalue weighted by atomic mass is 9.75. The van der Waals surface area contributed by atoms with Gasteiger partial charge in [0.25, 0.3) is 0 Å². The van der Waals surface area contributed by atoms with Crippen LogP contribution in [0.1, 0.15) is 52.4 Å². The summed E-state index contributed by atoms with van der Waals surface area (Å²) in [4.78, 5) is 2.58. The van der Waals surface area contributed by atoms with Crippen LogP contribution in [0.25, 0.3) is 0 Å². The van der Waals surface area contributed by atoms with E-state index in [1.807, 2.05) is 0 Å². The molecule has 110 valence electrons. The number of nitrogens with zero attached hydrogens (tertiary/aromatic N) is 1. The van der Waals surface area contributed by atoms with E-state index in [9.17, 15) is 0 Å². The van der Waals surface area contributed by atoms with Crippen LogP contribution in [0.5, 0.6) is 0 Å². The Balaban J connectivity index is 1.86. The van der Waals surface area contributed by atoms with E-state index in [2.05, 4.69) is 30.9 Å². The summed E-state index contributed by atoms with van der Waals surface area (Å²) < 4.78 is 5.57. The Morgan fingerprint density at radius 3 is 2.47 bits per heavy atom. The lowest BCUT2D eigenvalue weighted by molar-refractivity contribution is 0.0312. The molecule has 2 fully saturated rings. The first kappa shape index (κ1) is 15.1. The molecule has 0 spiro atoms. The van der Waals surface area contributed by atoms with Crippen LogP contribution in [-0.4, -0.2) is 37.7 Å². The first-order chi connectivity index (χ1) is 9.20. The molecule has 0 amide bonds. The topological polar surface area (TPSA) is 12.5 Å². The fourth-order valence-corrected chi connectivity index (χ4v) is 3.27. The zero-order valence-electron chi connectivity index (χ0n) is 12.9. The molecule has 0 aromatic rings. The lowest BCUT2D eigenvalue weighted by Gasteiger charge is -2.35. The van der Waals surface area contributed by atoms with E-state index in [1.165, 1.54) is 51.6 Å². The first-order valence-electron chi connectivity index (χ1n) is 8.18. The minimum atomic E-state index is 0.433. The summed E-state index contributed by atoms with van der Waals surface area (Å²) in [5, 5.41) is 0. The fourth-order valence-electron chi connectivity index (χ4n) is 3.27. The average Bonchev–Trinajstić information content (AvgIpc) is 2.91. The van der Waals surface area contributed by atoms with E-state index in [0.717, 1.165) is 25.7 Å². The number of hydrogen-bond donors (Lipinski definition) is 0. The molecule has 2 heterocycles. The van der Waals surface area contributed by atoms with Crippen LogP contribution in [0.2, 0.25) is 0 Å². The Hall–Kier alpha value is -0.340. The Morgan fingerprint density at radius 2 is 1.84 bits per heavy atom. The summed E-state index contributed by atoms with van der Waals surface area (Å²) in [5.41, 5.74) is 0.433. The van der Waals surface area contributed by atoms with E-state index in [-0.39, 0.29) is 0 Å². The molecule has 19 heavy (non-hydrogen) atoms. The van der Waals surface area contributed by atoms with E-state index < -0.39 is 0 Å². The summed E-state index contributed by atoms with van der Waals surface area (Å²) in [6, 6.07) is 0. The molecule has 0 bridgehead atoms. The molecule has 0 aromatic heterocycles. The number of allylic oxidation sites excluding steroid dienone is 1. The van der Waals surface area contributed by atoms with Gasteiger partial charge in [0.1, 0.15) is 0 Å². The van der Waals surface area contributed by atoms with Crippen LogP contribution in [0.4, 0.5) is 0 Å². The Kier molecular flexibility index (Phi) is 5.90. The summed E-state index contributed by atoms with van der Waals surface area (Å²) in [5.74, 6) is 0.812. The van der Waals surface area contributed by atoms with Crippen LogP contribution in [0, 0.1) is 11.3 Å². The van der Waals surface area contributed by atoms with Crippen molar-refractivity contribution in [3.05, 3.63) is 12.2 Å². The molecule has 0 aromatic carbocycles. The van der Waals surface area contributed by atoms with E-state index in [0.29, 0.717) is 5.41 Å². The smallest absolute Gasteiger partial charge is 0.0474 e. The van der Waals surface area contributed by atoms with Gasteiger partial charge < -0.3 is 4.74 Å². The molecule has 2 nitrogen and oxygen atoms in total. The second-order valence-electron chi connectivity index (χ2n) is 6.82. The van der Waals surface area contributed by atoms with Gasteiger partial charge in [-0.2, -0.15) is 0 Å². The van der Waals surface area contributed by atoms with Crippen molar-refractivity contribution in [1.29, 1.82) is 0 Å². The third-order valence-corrected chi connectivity index (χ3v) is 4.74. The van der Waals surface area contributed by atoms with Gasteiger partial charge >= 0.3 is 0 Å². The number of ether oxygens (including phenoxy) is 1. The summed E-state index contributed by atoms with van der Waals surface area (Å²) in [6.45, 7) is 10.3. The second-order valence-corrected chi connectivity index (χ2v) is 6.82. The highest BCUT2D eigenvalue weighted by atomic mass is 16.5. The molecule has 0 N–H and O–H groups in total. The molecule has 2 rings (SSSR count). The van der Waals surface area contributed by atoms with Crippen molar-refractivity contribution in [2.75, 3.05) is 32.8 Å². The van der Waals surface area contributed by atoms with Crippen molar-refractivity contribution in [2.45, 2.75) is 52.4 Å². The third kappa shape index (κ3) is 4.92. The zero-order chi connectivity index (χ0) is 13.6. The molecule has 2 heteroatoms. The maximum Gasteiger partial charge on any atom is 0.0474 e. The number of rotatable bonds is 6. The van der Waals surface area contributed by atoms with Gasteiger partial charge in [0.05, 0.1) is 0 Å². The fraction of sp³-hybridized carbons (Fsp3) is 0.882. The Morgan fingerprint density at radius 1 is 1.16 bits per heavy atom. The van der Waals surface area contributed by atoms with Crippen molar-refractivity contribution in [1.82, 2.24) is 4.90 Å². The van der Waals surface area contributed by atoms with Crippen molar-refractivity contribution in [3.63, 3.8) is 0 Å². The van der Waals surface area contributed by atoms with Crippen LogP contribution in [0.3, 0.4) is 0 Å². The molecule has 0 aliphatic carbocycles. The van der Waals surface area contributed by atoms with Gasteiger partial charge in [-0.1, -0.05) is 32.4 Å². The molecule has 2 aliphatic heterocycles. The monoisotopic (exact) mass is 265 g/mol. The normalized spacial score (nSPS) is 24.6. The Labute approximate surface area is 119 Å². The summed E-state index contributed by atoms with van der Waals surface area (Å²) in [7, 11) is 0. The van der Waals surface area contributed by atoms with E-state index in [1.54, 1.807) is 0 Å². The van der Waals surface area contributed by atoms with Gasteiger partial charge in [-0.3, -0.25) is 4.90 Å². The molecular weight excluding hydrogens is 234 g/mol. The predicted octanol–water partition coefficient (Wildman–Crippen LogP) is 3.87. The maximum absolute atomic E-state index is 5.57. The van der Waals surface area contributed by atoms with Crippen LogP contribution in [0.15, 0.2) is 12.2 Å². The molecule has 0 unspecified atom stereocenters. The number of hydrogen-bond acceptors (Lipinski definition) is 2. The van der Waals surface area contributed by atoms with Gasteiger partial charge in [-0.05, 0) is 56.5 Å². The standard InChI is InChI=1S/C17H31NO/c1-16(2)6-8-17(9-14-19-15-10-17)7-5-13-18-11-3-4-12-18/h5,7,16H,3-4,6,8-15H2,1-2H3/b7-5+. The SMILES string of the molecule is CC(C)CCC1(/C=C/CN2CCCC2)CCOCC1. The van der Waals surface area contributed by atoms with E-state index >= 15 is 0 Å². The molecule has 2 aliphatic rings. The highest BCUT2D eigenvalue weighted by Crippen LogP contribution is 2.38. The van der Waals surface area contributed by atoms with Crippen molar-refractivity contribution >= 4 is 0 Å². The zero-order valence-corrected chi connectivity index (χ0v) is 12.9. The predicted molar refractivity (Wildman–Crippen MR) is 81.4 cm³/mol. The molecular formula is C17H31NO. The third-order valence-electron chi connectivity index (χ3n) is 4.74. The number of likely N-dealkylation sites (tertiary alicyclic amines) is 1.